The maximum atomic E-state index is 11.7. The molecule has 0 fully saturated rings. The topological polar surface area (TPSA) is 52.3 Å². The monoisotopic (exact) mass is 243 g/mol. The molecule has 0 saturated carbocycles. The van der Waals surface area contributed by atoms with Crippen LogP contribution in [0.2, 0.25) is 0 Å². The van der Waals surface area contributed by atoms with Crippen LogP contribution < -0.4 is 5.73 Å². The van der Waals surface area contributed by atoms with Gasteiger partial charge in [-0.25, -0.2) is 0 Å². The van der Waals surface area contributed by atoms with E-state index in [9.17, 15) is 4.79 Å². The quantitative estimate of drug-likeness (QED) is 0.633. The van der Waals surface area contributed by atoms with Gasteiger partial charge < -0.3 is 10.5 Å². The Morgan fingerprint density at radius 1 is 1.24 bits per heavy atom. The number of carbonyl (C=O) groups is 1. The molecule has 0 spiro atoms. The maximum absolute atomic E-state index is 11.7. The van der Waals surface area contributed by atoms with Gasteiger partial charge in [0.1, 0.15) is 6.04 Å². The first-order valence-electron chi connectivity index (χ1n) is 6.98. The van der Waals surface area contributed by atoms with Crippen LogP contribution in [0.4, 0.5) is 0 Å². The molecule has 0 aromatic carbocycles. The summed E-state index contributed by atoms with van der Waals surface area (Å²) < 4.78 is 5.31. The molecular formula is C14H29NO2. The molecule has 3 atom stereocenters. The molecule has 0 aromatic heterocycles. The Kier molecular flexibility index (Phi) is 9.14. The van der Waals surface area contributed by atoms with E-state index in [1.807, 2.05) is 13.8 Å². The van der Waals surface area contributed by atoms with Crippen molar-refractivity contribution in [2.45, 2.75) is 65.8 Å². The van der Waals surface area contributed by atoms with Crippen molar-refractivity contribution in [1.82, 2.24) is 0 Å². The smallest absolute Gasteiger partial charge is 0.323 e. The van der Waals surface area contributed by atoms with Crippen LogP contribution in [0.15, 0.2) is 0 Å². The minimum absolute atomic E-state index is 0.193. The van der Waals surface area contributed by atoms with Crippen LogP contribution >= 0.6 is 0 Å². The number of hydrogen-bond donors (Lipinski definition) is 1. The zero-order valence-corrected chi connectivity index (χ0v) is 11.9. The molecule has 2 N–H and O–H groups in total. The molecule has 0 aliphatic carbocycles. The number of rotatable bonds is 9. The molecule has 0 aliphatic rings. The van der Waals surface area contributed by atoms with E-state index >= 15 is 0 Å². The predicted molar refractivity (Wildman–Crippen MR) is 71.7 cm³/mol. The van der Waals surface area contributed by atoms with Crippen molar-refractivity contribution in [3.05, 3.63) is 0 Å². The second-order valence-electron chi connectivity index (χ2n) is 4.96. The molecule has 17 heavy (non-hydrogen) atoms. The number of unbranched alkanes of at least 4 members (excludes halogenated alkanes) is 1. The lowest BCUT2D eigenvalue weighted by Gasteiger charge is -2.19. The van der Waals surface area contributed by atoms with Gasteiger partial charge in [-0.3, -0.25) is 4.79 Å². The van der Waals surface area contributed by atoms with Gasteiger partial charge in [0, 0.05) is 0 Å². The summed E-state index contributed by atoms with van der Waals surface area (Å²) in [6.07, 6.45) is 5.50. The average Bonchev–Trinajstić information content (AvgIpc) is 2.36. The zero-order valence-electron chi connectivity index (χ0n) is 11.9. The molecule has 0 saturated heterocycles. The third-order valence-electron chi connectivity index (χ3n) is 3.53. The lowest BCUT2D eigenvalue weighted by molar-refractivity contribution is -0.148. The van der Waals surface area contributed by atoms with Gasteiger partial charge in [0.15, 0.2) is 0 Å². The molecule has 0 rings (SSSR count). The fourth-order valence-electron chi connectivity index (χ4n) is 1.68. The highest BCUT2D eigenvalue weighted by Crippen LogP contribution is 2.14. The summed E-state index contributed by atoms with van der Waals surface area (Å²) in [6, 6.07) is -0.469. The van der Waals surface area contributed by atoms with Crippen molar-refractivity contribution in [2.75, 3.05) is 6.61 Å². The van der Waals surface area contributed by atoms with Crippen LogP contribution in [0, 0.1) is 11.8 Å². The summed E-state index contributed by atoms with van der Waals surface area (Å²) in [7, 11) is 0. The first-order valence-corrected chi connectivity index (χ1v) is 6.98. The molecular weight excluding hydrogens is 214 g/mol. The molecule has 0 heterocycles. The SMILES string of the molecule is CCCCC(CC)COC(=O)[C@@H](N)C(C)CC. The van der Waals surface area contributed by atoms with Crippen LogP contribution in [0.5, 0.6) is 0 Å². The first kappa shape index (κ1) is 16.4. The standard InChI is InChI=1S/C14H29NO2/c1-5-8-9-12(7-3)10-17-14(16)13(15)11(4)6-2/h11-13H,5-10,15H2,1-4H3/t11?,12?,13-/m0/s1. The highest BCUT2D eigenvalue weighted by atomic mass is 16.5. The Morgan fingerprint density at radius 3 is 2.35 bits per heavy atom. The summed E-state index contributed by atoms with van der Waals surface area (Å²) in [5.41, 5.74) is 5.82. The van der Waals surface area contributed by atoms with E-state index in [0.717, 1.165) is 19.3 Å². The first-order chi connectivity index (χ1) is 8.06. The molecule has 102 valence electrons. The van der Waals surface area contributed by atoms with Crippen molar-refractivity contribution in [3.63, 3.8) is 0 Å². The number of carbonyl (C=O) groups excluding carboxylic acids is 1. The van der Waals surface area contributed by atoms with Gasteiger partial charge >= 0.3 is 5.97 Å². The van der Waals surface area contributed by atoms with E-state index in [1.54, 1.807) is 0 Å². The van der Waals surface area contributed by atoms with E-state index in [1.165, 1.54) is 12.8 Å². The van der Waals surface area contributed by atoms with Gasteiger partial charge in [0.2, 0.25) is 0 Å². The Bertz CT molecular complexity index is 206. The lowest BCUT2D eigenvalue weighted by Crippen LogP contribution is -2.38. The highest BCUT2D eigenvalue weighted by molar-refractivity contribution is 5.75. The maximum Gasteiger partial charge on any atom is 0.323 e. The minimum Gasteiger partial charge on any atom is -0.464 e. The average molecular weight is 243 g/mol. The second kappa shape index (κ2) is 9.46. The molecule has 0 radical (unpaired) electrons. The fraction of sp³-hybridized carbons (Fsp3) is 0.929. The van der Waals surface area contributed by atoms with E-state index in [2.05, 4.69) is 13.8 Å². The van der Waals surface area contributed by atoms with Gasteiger partial charge in [0.05, 0.1) is 6.61 Å². The molecule has 0 amide bonds. The van der Waals surface area contributed by atoms with E-state index in [4.69, 9.17) is 10.5 Å². The summed E-state index contributed by atoms with van der Waals surface area (Å²) in [5, 5.41) is 0. The van der Waals surface area contributed by atoms with Crippen LogP contribution in [0.25, 0.3) is 0 Å². The van der Waals surface area contributed by atoms with Crippen molar-refractivity contribution in [2.24, 2.45) is 17.6 Å². The Labute approximate surface area is 106 Å². The summed E-state index contributed by atoms with van der Waals surface area (Å²) in [5.74, 6) is 0.440. The number of hydrogen-bond acceptors (Lipinski definition) is 3. The van der Waals surface area contributed by atoms with E-state index in [-0.39, 0.29) is 11.9 Å². The normalized spacial score (nSPS) is 16.3. The van der Waals surface area contributed by atoms with Crippen molar-refractivity contribution >= 4 is 5.97 Å². The van der Waals surface area contributed by atoms with Crippen molar-refractivity contribution < 1.29 is 9.53 Å². The Morgan fingerprint density at radius 2 is 1.88 bits per heavy atom. The number of ether oxygens (including phenoxy) is 1. The van der Waals surface area contributed by atoms with Crippen LogP contribution in [0.1, 0.15) is 59.8 Å². The molecule has 3 heteroatoms. The molecule has 3 nitrogen and oxygen atoms in total. The number of esters is 1. The third kappa shape index (κ3) is 6.67. The van der Waals surface area contributed by atoms with Crippen molar-refractivity contribution in [1.29, 1.82) is 0 Å². The zero-order chi connectivity index (χ0) is 13.3. The van der Waals surface area contributed by atoms with Crippen LogP contribution in [0.3, 0.4) is 0 Å². The summed E-state index contributed by atoms with van der Waals surface area (Å²) in [6.45, 7) is 8.87. The Hall–Kier alpha value is -0.570. The Balaban J connectivity index is 3.95. The molecule has 2 unspecified atom stereocenters. The second-order valence-corrected chi connectivity index (χ2v) is 4.96. The van der Waals surface area contributed by atoms with Crippen LogP contribution in [-0.4, -0.2) is 18.6 Å². The minimum atomic E-state index is -0.469. The van der Waals surface area contributed by atoms with Crippen molar-refractivity contribution in [3.8, 4) is 0 Å². The molecule has 0 aromatic rings. The third-order valence-corrected chi connectivity index (χ3v) is 3.53. The van der Waals surface area contributed by atoms with Gasteiger partial charge in [-0.05, 0) is 18.3 Å². The lowest BCUT2D eigenvalue weighted by atomic mass is 9.99. The van der Waals surface area contributed by atoms with Gasteiger partial charge in [-0.15, -0.1) is 0 Å². The highest BCUT2D eigenvalue weighted by Gasteiger charge is 2.21. The van der Waals surface area contributed by atoms with Gasteiger partial charge in [-0.2, -0.15) is 0 Å². The van der Waals surface area contributed by atoms with Gasteiger partial charge in [-0.1, -0.05) is 53.4 Å². The summed E-state index contributed by atoms with van der Waals surface area (Å²) in [4.78, 5) is 11.7. The largest absolute Gasteiger partial charge is 0.464 e. The van der Waals surface area contributed by atoms with E-state index < -0.39 is 6.04 Å². The van der Waals surface area contributed by atoms with E-state index in [0.29, 0.717) is 12.5 Å². The molecule has 0 aliphatic heterocycles. The molecule has 0 bridgehead atoms. The van der Waals surface area contributed by atoms with Gasteiger partial charge in [0.25, 0.3) is 0 Å². The number of nitrogens with two attached hydrogens (primary N) is 1. The summed E-state index contributed by atoms with van der Waals surface area (Å²) >= 11 is 0. The predicted octanol–water partition coefficient (Wildman–Crippen LogP) is 3.12. The van der Waals surface area contributed by atoms with Crippen LogP contribution in [-0.2, 0) is 9.53 Å². The fourth-order valence-corrected chi connectivity index (χ4v) is 1.68.